The van der Waals surface area contributed by atoms with Crippen LogP contribution in [0.15, 0.2) is 59.5 Å². The monoisotopic (exact) mass is 330 g/mol. The van der Waals surface area contributed by atoms with Crippen molar-refractivity contribution in [1.82, 2.24) is 9.97 Å². The van der Waals surface area contributed by atoms with Crippen LogP contribution in [0.2, 0.25) is 0 Å². The van der Waals surface area contributed by atoms with Crippen molar-refractivity contribution in [3.8, 4) is 16.9 Å². The summed E-state index contributed by atoms with van der Waals surface area (Å²) in [6.45, 7) is 2.09. The van der Waals surface area contributed by atoms with Crippen LogP contribution in [0.3, 0.4) is 0 Å². The van der Waals surface area contributed by atoms with Crippen LogP contribution in [0.5, 0.6) is 5.75 Å². The summed E-state index contributed by atoms with van der Waals surface area (Å²) in [5, 5.41) is 2.65. The summed E-state index contributed by atoms with van der Waals surface area (Å²) in [6.07, 6.45) is 2.55. The van der Waals surface area contributed by atoms with Crippen molar-refractivity contribution < 1.29 is 4.74 Å². The Hall–Kier alpha value is -3.14. The molecule has 0 aliphatic carbocycles. The highest BCUT2D eigenvalue weighted by molar-refractivity contribution is 5.99. The van der Waals surface area contributed by atoms with Crippen LogP contribution in [0.1, 0.15) is 12.6 Å². The van der Waals surface area contributed by atoms with E-state index < -0.39 is 0 Å². The van der Waals surface area contributed by atoms with E-state index in [-0.39, 0.29) is 5.56 Å². The van der Waals surface area contributed by atoms with Gasteiger partial charge in [-0.15, -0.1) is 0 Å². The van der Waals surface area contributed by atoms with Gasteiger partial charge in [0, 0.05) is 22.7 Å². The lowest BCUT2D eigenvalue weighted by atomic mass is 9.97. The molecule has 2 aromatic carbocycles. The van der Waals surface area contributed by atoms with E-state index in [9.17, 15) is 4.79 Å². The minimum Gasteiger partial charge on any atom is -0.494 e. The van der Waals surface area contributed by atoms with E-state index in [4.69, 9.17) is 9.72 Å². The minimum absolute atomic E-state index is 0.0714. The third-order valence-electron chi connectivity index (χ3n) is 4.54. The third-order valence-corrected chi connectivity index (χ3v) is 4.54. The van der Waals surface area contributed by atoms with Gasteiger partial charge in [0.1, 0.15) is 11.3 Å². The molecule has 124 valence electrons. The average molecular weight is 330 g/mol. The van der Waals surface area contributed by atoms with Gasteiger partial charge in [0.2, 0.25) is 0 Å². The summed E-state index contributed by atoms with van der Waals surface area (Å²) in [4.78, 5) is 19.4. The predicted octanol–water partition coefficient (Wildman–Crippen LogP) is 4.31. The van der Waals surface area contributed by atoms with Gasteiger partial charge < -0.3 is 9.72 Å². The summed E-state index contributed by atoms with van der Waals surface area (Å²) >= 11 is 0. The van der Waals surface area contributed by atoms with Gasteiger partial charge in [0.15, 0.2) is 0 Å². The van der Waals surface area contributed by atoms with Crippen LogP contribution in [0, 0.1) is 0 Å². The molecule has 0 saturated heterocycles. The number of benzene rings is 2. The zero-order valence-electron chi connectivity index (χ0n) is 14.2. The molecule has 2 heterocycles. The van der Waals surface area contributed by atoms with Crippen LogP contribution in [0.25, 0.3) is 32.8 Å². The standard InChI is InChI=1S/C21H18N2O2/c1-3-15-5-7-18-16(8-9-19(25-2)20(18)23-15)13-4-6-17-14(12-13)10-11-22-21(17)24/h4-12H,3H2,1-2H3,(H,22,24). The fraction of sp³-hybridized carbons (Fsp3) is 0.143. The molecule has 0 radical (unpaired) electrons. The Morgan fingerprint density at radius 1 is 1.04 bits per heavy atom. The molecule has 0 aliphatic heterocycles. The Balaban J connectivity index is 1.99. The molecule has 4 heteroatoms. The lowest BCUT2D eigenvalue weighted by Gasteiger charge is -2.12. The summed E-state index contributed by atoms with van der Waals surface area (Å²) < 4.78 is 5.50. The van der Waals surface area contributed by atoms with E-state index in [1.165, 1.54) is 0 Å². The van der Waals surface area contributed by atoms with Gasteiger partial charge in [-0.05, 0) is 59.3 Å². The highest BCUT2D eigenvalue weighted by Crippen LogP contribution is 2.34. The zero-order valence-corrected chi connectivity index (χ0v) is 14.2. The number of fused-ring (bicyclic) bond motifs is 2. The molecule has 0 amide bonds. The van der Waals surface area contributed by atoms with Crippen molar-refractivity contribution in [1.29, 1.82) is 0 Å². The largest absolute Gasteiger partial charge is 0.494 e. The molecular formula is C21H18N2O2. The first kappa shape index (κ1) is 15.4. The first-order chi connectivity index (χ1) is 12.2. The lowest BCUT2D eigenvalue weighted by molar-refractivity contribution is 0.419. The Kier molecular flexibility index (Phi) is 3.73. The van der Waals surface area contributed by atoms with Crippen LogP contribution in [0.4, 0.5) is 0 Å². The molecule has 0 unspecified atom stereocenters. The number of pyridine rings is 2. The van der Waals surface area contributed by atoms with Crippen molar-refractivity contribution in [2.75, 3.05) is 7.11 Å². The maximum Gasteiger partial charge on any atom is 0.255 e. The van der Waals surface area contributed by atoms with E-state index in [1.54, 1.807) is 13.3 Å². The van der Waals surface area contributed by atoms with Gasteiger partial charge in [-0.1, -0.05) is 19.1 Å². The number of hydrogen-bond acceptors (Lipinski definition) is 3. The maximum atomic E-state index is 11.9. The van der Waals surface area contributed by atoms with E-state index in [0.29, 0.717) is 5.39 Å². The molecule has 1 N–H and O–H groups in total. The van der Waals surface area contributed by atoms with Gasteiger partial charge in [0.25, 0.3) is 5.56 Å². The fourth-order valence-corrected chi connectivity index (χ4v) is 3.21. The summed E-state index contributed by atoms with van der Waals surface area (Å²) in [5.74, 6) is 0.770. The highest BCUT2D eigenvalue weighted by atomic mass is 16.5. The molecule has 4 nitrogen and oxygen atoms in total. The summed E-state index contributed by atoms with van der Waals surface area (Å²) in [7, 11) is 1.66. The normalized spacial score (nSPS) is 11.1. The van der Waals surface area contributed by atoms with Crippen LogP contribution in [-0.2, 0) is 6.42 Å². The van der Waals surface area contributed by atoms with Crippen molar-refractivity contribution in [3.63, 3.8) is 0 Å². The van der Waals surface area contributed by atoms with E-state index >= 15 is 0 Å². The van der Waals surface area contributed by atoms with Crippen molar-refractivity contribution in [3.05, 3.63) is 70.8 Å². The average Bonchev–Trinajstić information content (AvgIpc) is 2.66. The summed E-state index contributed by atoms with van der Waals surface area (Å²) in [6, 6.07) is 16.0. The van der Waals surface area contributed by atoms with Gasteiger partial charge in [-0.3, -0.25) is 4.79 Å². The second-order valence-electron chi connectivity index (χ2n) is 5.98. The number of nitrogens with one attached hydrogen (secondary N) is 1. The predicted molar refractivity (Wildman–Crippen MR) is 101 cm³/mol. The molecule has 4 rings (SSSR count). The highest BCUT2D eigenvalue weighted by Gasteiger charge is 2.11. The number of aromatic amines is 1. The number of nitrogens with zero attached hydrogens (tertiary/aromatic N) is 1. The molecule has 0 aliphatic rings. The number of rotatable bonds is 3. The molecule has 0 spiro atoms. The number of hydrogen-bond donors (Lipinski definition) is 1. The lowest BCUT2D eigenvalue weighted by Crippen LogP contribution is -2.03. The topological polar surface area (TPSA) is 55.0 Å². The Morgan fingerprint density at radius 2 is 1.88 bits per heavy atom. The molecule has 0 saturated carbocycles. The molecule has 4 aromatic rings. The Morgan fingerprint density at radius 3 is 2.68 bits per heavy atom. The quantitative estimate of drug-likeness (QED) is 0.609. The molecule has 0 bridgehead atoms. The molecule has 0 atom stereocenters. The van der Waals surface area contributed by atoms with Crippen molar-refractivity contribution in [2.24, 2.45) is 0 Å². The van der Waals surface area contributed by atoms with Crippen LogP contribution < -0.4 is 10.3 Å². The van der Waals surface area contributed by atoms with Gasteiger partial charge >= 0.3 is 0 Å². The smallest absolute Gasteiger partial charge is 0.255 e. The summed E-state index contributed by atoms with van der Waals surface area (Å²) in [5.41, 5.74) is 3.96. The van der Waals surface area contributed by atoms with Crippen LogP contribution >= 0.6 is 0 Å². The molecule has 0 fully saturated rings. The van der Waals surface area contributed by atoms with Crippen molar-refractivity contribution in [2.45, 2.75) is 13.3 Å². The van der Waals surface area contributed by atoms with Gasteiger partial charge in [0.05, 0.1) is 7.11 Å². The van der Waals surface area contributed by atoms with Gasteiger partial charge in [-0.2, -0.15) is 0 Å². The second-order valence-corrected chi connectivity index (χ2v) is 5.98. The number of ether oxygens (including phenoxy) is 1. The molecule has 2 aromatic heterocycles. The first-order valence-corrected chi connectivity index (χ1v) is 8.29. The maximum absolute atomic E-state index is 11.9. The van der Waals surface area contributed by atoms with Crippen LogP contribution in [-0.4, -0.2) is 17.1 Å². The molecular weight excluding hydrogens is 312 g/mol. The van der Waals surface area contributed by atoms with E-state index in [1.807, 2.05) is 36.4 Å². The third kappa shape index (κ3) is 2.56. The number of methoxy groups -OCH3 is 1. The zero-order chi connectivity index (χ0) is 17.4. The fourth-order valence-electron chi connectivity index (χ4n) is 3.21. The van der Waals surface area contributed by atoms with E-state index in [2.05, 4.69) is 24.0 Å². The number of aromatic nitrogens is 2. The van der Waals surface area contributed by atoms with Gasteiger partial charge in [-0.25, -0.2) is 4.98 Å². The first-order valence-electron chi connectivity index (χ1n) is 8.29. The number of H-pyrrole nitrogens is 1. The SMILES string of the molecule is CCc1ccc2c(-c3ccc4c(=O)[nH]ccc4c3)ccc(OC)c2n1. The number of aryl methyl sites for hydroxylation is 1. The minimum atomic E-state index is -0.0714. The Bertz CT molecular complexity index is 1150. The van der Waals surface area contributed by atoms with E-state index in [0.717, 1.165) is 45.3 Å². The Labute approximate surface area is 145 Å². The van der Waals surface area contributed by atoms with Crippen molar-refractivity contribution >= 4 is 21.7 Å². The second kappa shape index (κ2) is 6.06. The molecule has 25 heavy (non-hydrogen) atoms.